The molecule has 22 heavy (non-hydrogen) atoms. The van der Waals surface area contributed by atoms with Gasteiger partial charge in [0.05, 0.1) is 0 Å². The van der Waals surface area contributed by atoms with Gasteiger partial charge < -0.3 is 0 Å². The summed E-state index contributed by atoms with van der Waals surface area (Å²) in [6, 6.07) is 7.03. The van der Waals surface area contributed by atoms with E-state index in [-0.39, 0.29) is 0 Å². The Morgan fingerprint density at radius 3 is 2.50 bits per heavy atom. The Balaban J connectivity index is 1.63. The van der Waals surface area contributed by atoms with Gasteiger partial charge in [0, 0.05) is 6.54 Å². The third kappa shape index (κ3) is 2.88. The summed E-state index contributed by atoms with van der Waals surface area (Å²) in [5, 5.41) is 0. The monoisotopic (exact) mass is 297 g/mol. The molecule has 0 aromatic heterocycles. The molecule has 0 unspecified atom stereocenters. The molecule has 1 nitrogen and oxygen atoms in total. The summed E-state index contributed by atoms with van der Waals surface area (Å²) in [4.78, 5) is 2.66. The Bertz CT molecular complexity index is 554. The molecule has 1 saturated heterocycles. The lowest BCUT2D eigenvalue weighted by molar-refractivity contribution is -0.000117. The second-order valence-corrected chi connectivity index (χ2v) is 8.30. The zero-order chi connectivity index (χ0) is 15.8. The molecule has 0 bridgehead atoms. The maximum absolute atomic E-state index is 2.66. The minimum absolute atomic E-state index is 0.424. The van der Waals surface area contributed by atoms with Crippen LogP contribution in [0.1, 0.15) is 63.6 Å². The average Bonchev–Trinajstić information content (AvgIpc) is 2.94. The van der Waals surface area contributed by atoms with Gasteiger partial charge in [-0.3, -0.25) is 4.90 Å². The first-order chi connectivity index (χ1) is 10.4. The van der Waals surface area contributed by atoms with Crippen molar-refractivity contribution in [3.63, 3.8) is 0 Å². The summed E-state index contributed by atoms with van der Waals surface area (Å²) in [6.07, 6.45) is 9.65. The van der Waals surface area contributed by atoms with E-state index < -0.39 is 0 Å². The van der Waals surface area contributed by atoms with Crippen molar-refractivity contribution in [1.29, 1.82) is 0 Å². The van der Waals surface area contributed by atoms with Crippen molar-refractivity contribution in [3.8, 4) is 0 Å². The van der Waals surface area contributed by atoms with Crippen molar-refractivity contribution in [2.45, 2.75) is 59.9 Å². The van der Waals surface area contributed by atoms with Crippen LogP contribution in [-0.4, -0.2) is 18.0 Å². The average molecular weight is 297 g/mol. The third-order valence-electron chi connectivity index (χ3n) is 6.33. The van der Waals surface area contributed by atoms with E-state index in [0.29, 0.717) is 10.8 Å². The summed E-state index contributed by atoms with van der Waals surface area (Å²) in [6.45, 7) is 13.3. The summed E-state index contributed by atoms with van der Waals surface area (Å²) in [7, 11) is 0. The smallest absolute Gasteiger partial charge is 0.0233 e. The molecule has 0 spiro atoms. The van der Waals surface area contributed by atoms with Gasteiger partial charge in [-0.2, -0.15) is 0 Å². The fraction of sp³-hybridized carbons (Fsp3) is 0.619. The van der Waals surface area contributed by atoms with Crippen molar-refractivity contribution in [2.24, 2.45) is 10.8 Å². The normalized spacial score (nSPS) is 21.1. The molecule has 1 heterocycles. The van der Waals surface area contributed by atoms with Gasteiger partial charge in [0.25, 0.3) is 0 Å². The Hall–Kier alpha value is -1.08. The number of likely N-dealkylation sites (tertiary alicyclic amines) is 1. The first-order valence-electron chi connectivity index (χ1n) is 8.94. The van der Waals surface area contributed by atoms with Crippen molar-refractivity contribution in [1.82, 2.24) is 4.90 Å². The lowest BCUT2D eigenvalue weighted by Gasteiger charge is -2.50. The second kappa shape index (κ2) is 5.85. The largest absolute Gasteiger partial charge is 0.299 e. The van der Waals surface area contributed by atoms with Crippen LogP contribution in [-0.2, 0) is 13.0 Å². The van der Waals surface area contributed by atoms with E-state index in [0.717, 1.165) is 13.0 Å². The molecular formula is C21H31N. The summed E-state index contributed by atoms with van der Waals surface area (Å²) >= 11 is 0. The number of rotatable bonds is 3. The third-order valence-corrected chi connectivity index (χ3v) is 6.33. The zero-order valence-corrected chi connectivity index (χ0v) is 14.8. The summed E-state index contributed by atoms with van der Waals surface area (Å²) < 4.78 is 0. The van der Waals surface area contributed by atoms with Gasteiger partial charge in [0.1, 0.15) is 0 Å². The van der Waals surface area contributed by atoms with E-state index in [4.69, 9.17) is 0 Å². The van der Waals surface area contributed by atoms with Gasteiger partial charge in [-0.1, -0.05) is 58.0 Å². The molecule has 1 aromatic rings. The summed E-state index contributed by atoms with van der Waals surface area (Å²) in [5.41, 5.74) is 5.37. The predicted molar refractivity (Wildman–Crippen MR) is 95.9 cm³/mol. The number of nitrogens with zero attached hydrogens (tertiary/aromatic N) is 1. The van der Waals surface area contributed by atoms with Crippen molar-refractivity contribution in [3.05, 3.63) is 41.0 Å². The van der Waals surface area contributed by atoms with Crippen LogP contribution >= 0.6 is 0 Å². The predicted octanol–water partition coefficient (Wildman–Crippen LogP) is 5.29. The van der Waals surface area contributed by atoms with E-state index in [2.05, 4.69) is 62.9 Å². The molecule has 3 rings (SSSR count). The SMILES string of the molecule is CCC1(C(C)(C)C)CCN(Cc2ccc3c(c2)CC=C3)CC1. The van der Waals surface area contributed by atoms with Crippen LogP contribution in [0.2, 0.25) is 0 Å². The quantitative estimate of drug-likeness (QED) is 0.732. The topological polar surface area (TPSA) is 3.24 Å². The van der Waals surface area contributed by atoms with E-state index in [1.54, 1.807) is 0 Å². The molecule has 0 N–H and O–H groups in total. The zero-order valence-electron chi connectivity index (χ0n) is 14.8. The molecule has 2 aliphatic rings. The fourth-order valence-electron chi connectivity index (χ4n) is 4.44. The summed E-state index contributed by atoms with van der Waals surface area (Å²) in [5.74, 6) is 0. The Morgan fingerprint density at radius 2 is 1.86 bits per heavy atom. The maximum Gasteiger partial charge on any atom is 0.0233 e. The van der Waals surface area contributed by atoms with Gasteiger partial charge in [0.2, 0.25) is 0 Å². The number of fused-ring (bicyclic) bond motifs is 1. The molecule has 0 atom stereocenters. The van der Waals surface area contributed by atoms with Crippen LogP contribution in [0.3, 0.4) is 0 Å². The number of allylic oxidation sites excluding steroid dienone is 1. The van der Waals surface area contributed by atoms with Gasteiger partial charge in [-0.25, -0.2) is 0 Å². The maximum atomic E-state index is 2.66. The Kier molecular flexibility index (Phi) is 4.20. The van der Waals surface area contributed by atoms with E-state index in [1.165, 1.54) is 49.0 Å². The number of benzene rings is 1. The molecule has 120 valence electrons. The first kappa shape index (κ1) is 15.8. The molecule has 1 fully saturated rings. The lowest BCUT2D eigenvalue weighted by Crippen LogP contribution is -2.46. The molecule has 1 aromatic carbocycles. The van der Waals surface area contributed by atoms with E-state index in [9.17, 15) is 0 Å². The molecule has 1 aliphatic heterocycles. The van der Waals surface area contributed by atoms with Crippen LogP contribution < -0.4 is 0 Å². The molecule has 0 radical (unpaired) electrons. The first-order valence-corrected chi connectivity index (χ1v) is 8.94. The number of hydrogen-bond acceptors (Lipinski definition) is 1. The minimum atomic E-state index is 0.424. The number of hydrogen-bond donors (Lipinski definition) is 0. The Morgan fingerprint density at radius 1 is 1.14 bits per heavy atom. The van der Waals surface area contributed by atoms with Crippen molar-refractivity contribution < 1.29 is 0 Å². The number of piperidine rings is 1. The van der Waals surface area contributed by atoms with Crippen molar-refractivity contribution >= 4 is 6.08 Å². The molecular weight excluding hydrogens is 266 g/mol. The van der Waals surface area contributed by atoms with Crippen LogP contribution in [0.15, 0.2) is 24.3 Å². The second-order valence-electron chi connectivity index (χ2n) is 8.30. The van der Waals surface area contributed by atoms with Gasteiger partial charge in [-0.05, 0) is 66.3 Å². The van der Waals surface area contributed by atoms with Gasteiger partial charge in [0.15, 0.2) is 0 Å². The highest BCUT2D eigenvalue weighted by molar-refractivity contribution is 5.60. The molecule has 0 saturated carbocycles. The van der Waals surface area contributed by atoms with Crippen LogP contribution in [0.25, 0.3) is 6.08 Å². The Labute approximate surface area is 136 Å². The van der Waals surface area contributed by atoms with E-state index >= 15 is 0 Å². The standard InChI is InChI=1S/C21H31N/c1-5-21(20(2,3)4)11-13-22(14-12-21)16-17-9-10-18-7-6-8-19(18)15-17/h6-7,9-10,15H,5,8,11-14,16H2,1-4H3. The van der Waals surface area contributed by atoms with Gasteiger partial charge in [-0.15, -0.1) is 0 Å². The van der Waals surface area contributed by atoms with Crippen molar-refractivity contribution in [2.75, 3.05) is 13.1 Å². The van der Waals surface area contributed by atoms with Crippen LogP contribution in [0.5, 0.6) is 0 Å². The minimum Gasteiger partial charge on any atom is -0.299 e. The van der Waals surface area contributed by atoms with Crippen LogP contribution in [0, 0.1) is 10.8 Å². The highest BCUT2D eigenvalue weighted by Gasteiger charge is 2.42. The molecule has 0 amide bonds. The highest BCUT2D eigenvalue weighted by atomic mass is 15.1. The van der Waals surface area contributed by atoms with E-state index in [1.807, 2.05) is 0 Å². The lowest BCUT2D eigenvalue weighted by atomic mass is 9.60. The molecule has 1 heteroatoms. The molecule has 1 aliphatic carbocycles. The van der Waals surface area contributed by atoms with Gasteiger partial charge >= 0.3 is 0 Å². The fourth-order valence-corrected chi connectivity index (χ4v) is 4.44. The highest BCUT2D eigenvalue weighted by Crippen LogP contribution is 2.49. The van der Waals surface area contributed by atoms with Crippen LogP contribution in [0.4, 0.5) is 0 Å².